The van der Waals surface area contributed by atoms with Crippen molar-refractivity contribution in [1.82, 2.24) is 9.80 Å². The molecule has 4 rings (SSSR count). The fraction of sp³-hybridized carbons (Fsp3) is 0.320. The number of likely N-dealkylation sites (N-methyl/N-ethyl adjacent to an activating group) is 1. The van der Waals surface area contributed by atoms with Crippen LogP contribution in [0.2, 0.25) is 0 Å². The van der Waals surface area contributed by atoms with Crippen LogP contribution in [0.1, 0.15) is 24.0 Å². The maximum absolute atomic E-state index is 13.7. The van der Waals surface area contributed by atoms with Crippen LogP contribution in [0.5, 0.6) is 5.75 Å². The monoisotopic (exact) mass is 430 g/mol. The fourth-order valence-corrected chi connectivity index (χ4v) is 4.42. The number of carbonyl (C=O) groups is 2. The Kier molecular flexibility index (Phi) is 5.97. The molecule has 0 spiro atoms. The zero-order chi connectivity index (χ0) is 22.8. The summed E-state index contributed by atoms with van der Waals surface area (Å²) in [5.74, 6) is -0.208. The molecule has 0 aromatic heterocycles. The Morgan fingerprint density at radius 1 is 1.03 bits per heavy atom. The highest BCUT2D eigenvalue weighted by molar-refractivity contribution is 6.45. The van der Waals surface area contributed by atoms with Gasteiger partial charge in [-0.15, -0.1) is 0 Å². The number of likely N-dealkylation sites (tertiary alicyclic amines) is 1. The second kappa shape index (κ2) is 8.85. The van der Waals surface area contributed by atoms with Crippen LogP contribution in [0.3, 0.4) is 0 Å². The highest BCUT2D eigenvalue weighted by Crippen LogP contribution is 2.39. The summed E-state index contributed by atoms with van der Waals surface area (Å²) in [5, 5.41) is 9.09. The number of hydrogen-bond donors (Lipinski definition) is 0. The third kappa shape index (κ3) is 3.74. The predicted octanol–water partition coefficient (Wildman–Crippen LogP) is 2.88. The number of para-hydroxylation sites is 1. The van der Waals surface area contributed by atoms with Gasteiger partial charge in [0, 0.05) is 18.7 Å². The minimum atomic E-state index is -0.390. The Morgan fingerprint density at radius 2 is 1.69 bits per heavy atom. The third-order valence-electron chi connectivity index (χ3n) is 6.28. The number of imide groups is 1. The standard InChI is InChI=1S/C25H26N4O3/c1-27-14-12-18(13-15-27)28(2)23-22(20-6-4-5-7-21(20)32-3)24(30)29(25(23)31)19-10-8-17(16-26)9-11-19/h4-11,18H,12-15H2,1-3H3. The first-order chi connectivity index (χ1) is 15.5. The quantitative estimate of drug-likeness (QED) is 0.679. The number of amides is 2. The van der Waals surface area contributed by atoms with Crippen molar-refractivity contribution in [3.8, 4) is 11.8 Å². The molecular formula is C25H26N4O3. The number of nitrogens with zero attached hydrogens (tertiary/aromatic N) is 4. The van der Waals surface area contributed by atoms with Crippen LogP contribution >= 0.6 is 0 Å². The number of rotatable bonds is 5. The molecule has 0 radical (unpaired) electrons. The SMILES string of the molecule is COc1ccccc1C1=C(N(C)C2CCN(C)CC2)C(=O)N(c2ccc(C#N)cc2)C1=O. The molecular weight excluding hydrogens is 404 g/mol. The second-order valence-electron chi connectivity index (χ2n) is 8.17. The van der Waals surface area contributed by atoms with Gasteiger partial charge in [-0.25, -0.2) is 4.90 Å². The number of nitriles is 1. The molecule has 0 unspecified atom stereocenters. The highest BCUT2D eigenvalue weighted by Gasteiger charge is 2.44. The van der Waals surface area contributed by atoms with E-state index < -0.39 is 0 Å². The Bertz CT molecular complexity index is 1110. The second-order valence-corrected chi connectivity index (χ2v) is 8.17. The van der Waals surface area contributed by atoms with Crippen molar-refractivity contribution in [1.29, 1.82) is 5.26 Å². The lowest BCUT2D eigenvalue weighted by molar-refractivity contribution is -0.120. The van der Waals surface area contributed by atoms with Crippen molar-refractivity contribution >= 4 is 23.1 Å². The molecule has 2 aliphatic rings. The number of piperidine rings is 1. The van der Waals surface area contributed by atoms with E-state index in [9.17, 15) is 9.59 Å². The van der Waals surface area contributed by atoms with Gasteiger partial charge in [-0.05, 0) is 63.3 Å². The summed E-state index contributed by atoms with van der Waals surface area (Å²) in [4.78, 5) is 32.8. The van der Waals surface area contributed by atoms with E-state index in [1.54, 1.807) is 37.4 Å². The van der Waals surface area contributed by atoms with Gasteiger partial charge in [0.1, 0.15) is 11.4 Å². The molecule has 2 heterocycles. The summed E-state index contributed by atoms with van der Waals surface area (Å²) in [6.45, 7) is 1.88. The van der Waals surface area contributed by atoms with Crippen molar-refractivity contribution in [2.24, 2.45) is 0 Å². The van der Waals surface area contributed by atoms with Crippen LogP contribution in [0.4, 0.5) is 5.69 Å². The Labute approximate surface area is 188 Å². The lowest BCUT2D eigenvalue weighted by Gasteiger charge is -2.36. The molecule has 164 valence electrons. The largest absolute Gasteiger partial charge is 0.496 e. The maximum Gasteiger partial charge on any atom is 0.282 e. The smallest absolute Gasteiger partial charge is 0.282 e. The molecule has 0 saturated carbocycles. The van der Waals surface area contributed by atoms with Gasteiger partial charge in [-0.2, -0.15) is 5.26 Å². The first kappa shape index (κ1) is 21.6. The molecule has 0 N–H and O–H groups in total. The molecule has 2 aliphatic heterocycles. The van der Waals surface area contributed by atoms with Crippen LogP contribution in [-0.4, -0.2) is 62.0 Å². The molecule has 2 amide bonds. The van der Waals surface area contributed by atoms with E-state index in [0.717, 1.165) is 25.9 Å². The topological polar surface area (TPSA) is 76.9 Å². The van der Waals surface area contributed by atoms with E-state index in [-0.39, 0.29) is 17.9 Å². The zero-order valence-electron chi connectivity index (χ0n) is 18.5. The Morgan fingerprint density at radius 3 is 2.31 bits per heavy atom. The van der Waals surface area contributed by atoms with Gasteiger partial charge < -0.3 is 14.5 Å². The molecule has 1 saturated heterocycles. The van der Waals surface area contributed by atoms with Gasteiger partial charge in [-0.1, -0.05) is 18.2 Å². The molecule has 1 fully saturated rings. The molecule has 0 bridgehead atoms. The van der Waals surface area contributed by atoms with E-state index in [0.29, 0.717) is 33.8 Å². The lowest BCUT2D eigenvalue weighted by Crippen LogP contribution is -2.43. The van der Waals surface area contributed by atoms with Crippen molar-refractivity contribution in [2.75, 3.05) is 39.2 Å². The number of hydrogen-bond acceptors (Lipinski definition) is 6. The zero-order valence-corrected chi connectivity index (χ0v) is 18.5. The summed E-state index contributed by atoms with van der Waals surface area (Å²) in [6, 6.07) is 16.0. The first-order valence-corrected chi connectivity index (χ1v) is 10.6. The van der Waals surface area contributed by atoms with Crippen LogP contribution in [0.15, 0.2) is 54.2 Å². The summed E-state index contributed by atoms with van der Waals surface area (Å²) in [7, 11) is 5.54. The van der Waals surface area contributed by atoms with Crippen molar-refractivity contribution < 1.29 is 14.3 Å². The van der Waals surface area contributed by atoms with E-state index in [4.69, 9.17) is 10.00 Å². The average Bonchev–Trinajstić information content (AvgIpc) is 3.08. The third-order valence-corrected chi connectivity index (χ3v) is 6.28. The van der Waals surface area contributed by atoms with E-state index in [2.05, 4.69) is 18.0 Å². The maximum atomic E-state index is 13.7. The van der Waals surface area contributed by atoms with Gasteiger partial charge in [0.2, 0.25) is 0 Å². The van der Waals surface area contributed by atoms with Gasteiger partial charge >= 0.3 is 0 Å². The number of ether oxygens (including phenoxy) is 1. The summed E-state index contributed by atoms with van der Waals surface area (Å²) < 4.78 is 5.52. The van der Waals surface area contributed by atoms with Crippen LogP contribution in [-0.2, 0) is 9.59 Å². The molecule has 7 nitrogen and oxygen atoms in total. The number of methoxy groups -OCH3 is 1. The number of anilines is 1. The summed E-state index contributed by atoms with van der Waals surface area (Å²) in [5.41, 5.74) is 2.24. The Hall–Kier alpha value is -3.63. The normalized spacial score (nSPS) is 17.6. The summed E-state index contributed by atoms with van der Waals surface area (Å²) >= 11 is 0. The van der Waals surface area contributed by atoms with E-state index >= 15 is 0 Å². The minimum Gasteiger partial charge on any atom is -0.496 e. The van der Waals surface area contributed by atoms with Gasteiger partial charge in [0.25, 0.3) is 11.8 Å². The van der Waals surface area contributed by atoms with Crippen LogP contribution < -0.4 is 9.64 Å². The minimum absolute atomic E-state index is 0.156. The number of benzene rings is 2. The molecule has 0 atom stereocenters. The highest BCUT2D eigenvalue weighted by atomic mass is 16.5. The fourth-order valence-electron chi connectivity index (χ4n) is 4.42. The van der Waals surface area contributed by atoms with Crippen molar-refractivity contribution in [2.45, 2.75) is 18.9 Å². The molecule has 0 aliphatic carbocycles. The molecule has 2 aromatic rings. The molecule has 32 heavy (non-hydrogen) atoms. The number of carbonyl (C=O) groups excluding carboxylic acids is 2. The van der Waals surface area contributed by atoms with Gasteiger partial charge in [-0.3, -0.25) is 9.59 Å². The van der Waals surface area contributed by atoms with E-state index in [1.165, 1.54) is 4.90 Å². The van der Waals surface area contributed by atoms with Crippen LogP contribution in [0.25, 0.3) is 5.57 Å². The summed E-state index contributed by atoms with van der Waals surface area (Å²) in [6.07, 6.45) is 1.82. The lowest BCUT2D eigenvalue weighted by atomic mass is 9.99. The first-order valence-electron chi connectivity index (χ1n) is 10.6. The average molecular weight is 431 g/mol. The predicted molar refractivity (Wildman–Crippen MR) is 122 cm³/mol. The van der Waals surface area contributed by atoms with Crippen molar-refractivity contribution in [3.63, 3.8) is 0 Å². The molecule has 7 heteroatoms. The van der Waals surface area contributed by atoms with Gasteiger partial charge in [0.05, 0.1) is 30.0 Å². The van der Waals surface area contributed by atoms with Crippen LogP contribution in [0, 0.1) is 11.3 Å². The van der Waals surface area contributed by atoms with Gasteiger partial charge in [0.15, 0.2) is 0 Å². The van der Waals surface area contributed by atoms with Crippen molar-refractivity contribution in [3.05, 3.63) is 65.4 Å². The van der Waals surface area contributed by atoms with E-state index in [1.807, 2.05) is 30.1 Å². The Balaban J connectivity index is 1.81. The molecule has 2 aromatic carbocycles.